The SMILES string of the molecule is C=C=C(C)C=CC(=C=C)C(=C)C=CC(=C)C(C)(F)F. The minimum absolute atomic E-state index is 0.275. The third kappa shape index (κ3) is 6.38. The van der Waals surface area contributed by atoms with Crippen molar-refractivity contribution in [1.29, 1.82) is 0 Å². The molecule has 0 aromatic carbocycles. The molecule has 0 saturated carbocycles. The van der Waals surface area contributed by atoms with Crippen LogP contribution < -0.4 is 0 Å². The van der Waals surface area contributed by atoms with Crippen molar-refractivity contribution < 1.29 is 8.78 Å². The molecule has 0 aliphatic rings. The third-order valence-electron chi connectivity index (χ3n) is 2.36. The van der Waals surface area contributed by atoms with Crippen molar-refractivity contribution in [2.75, 3.05) is 0 Å². The van der Waals surface area contributed by atoms with E-state index in [1.165, 1.54) is 12.2 Å². The second kappa shape index (κ2) is 7.33. The van der Waals surface area contributed by atoms with Gasteiger partial charge in [-0.2, -0.15) is 0 Å². The van der Waals surface area contributed by atoms with Gasteiger partial charge >= 0.3 is 0 Å². The lowest BCUT2D eigenvalue weighted by molar-refractivity contribution is 0.0680. The zero-order valence-electron chi connectivity index (χ0n) is 11.4. The van der Waals surface area contributed by atoms with Gasteiger partial charge in [0.25, 0.3) is 5.92 Å². The summed E-state index contributed by atoms with van der Waals surface area (Å²) in [7, 11) is 0. The van der Waals surface area contributed by atoms with Crippen LogP contribution in [0.4, 0.5) is 8.78 Å². The van der Waals surface area contributed by atoms with Gasteiger partial charge in [0, 0.05) is 18.1 Å². The van der Waals surface area contributed by atoms with Crippen molar-refractivity contribution in [2.45, 2.75) is 19.8 Å². The molecular weight excluding hydrogens is 242 g/mol. The highest BCUT2D eigenvalue weighted by Crippen LogP contribution is 2.23. The van der Waals surface area contributed by atoms with Crippen molar-refractivity contribution >= 4 is 0 Å². The fraction of sp³-hybridized carbons (Fsp3) is 0.176. The number of halogens is 2. The van der Waals surface area contributed by atoms with Crippen LogP contribution in [-0.4, -0.2) is 5.92 Å². The van der Waals surface area contributed by atoms with Gasteiger partial charge in [-0.1, -0.05) is 44.5 Å². The van der Waals surface area contributed by atoms with E-state index in [1.807, 2.05) is 6.92 Å². The van der Waals surface area contributed by atoms with E-state index >= 15 is 0 Å². The monoisotopic (exact) mass is 260 g/mol. The quantitative estimate of drug-likeness (QED) is 0.448. The second-order valence-corrected chi connectivity index (χ2v) is 4.06. The van der Waals surface area contributed by atoms with Crippen molar-refractivity contribution in [3.05, 3.63) is 84.4 Å². The maximum Gasteiger partial charge on any atom is 0.269 e. The first-order valence-corrected chi connectivity index (χ1v) is 5.61. The Labute approximate surface area is 113 Å². The fourth-order valence-corrected chi connectivity index (χ4v) is 0.984. The summed E-state index contributed by atoms with van der Waals surface area (Å²) in [5.41, 5.74) is 7.10. The molecule has 0 aromatic heterocycles. The Bertz CT molecular complexity index is 524. The summed E-state index contributed by atoms with van der Waals surface area (Å²) in [6, 6.07) is 0. The minimum Gasteiger partial charge on any atom is -0.202 e. The van der Waals surface area contributed by atoms with Crippen LogP contribution in [0.3, 0.4) is 0 Å². The van der Waals surface area contributed by atoms with E-state index in [-0.39, 0.29) is 5.57 Å². The molecule has 0 heterocycles. The topological polar surface area (TPSA) is 0 Å². The Kier molecular flexibility index (Phi) is 6.50. The first-order chi connectivity index (χ1) is 8.72. The Balaban J connectivity index is 4.97. The first kappa shape index (κ1) is 16.9. The van der Waals surface area contributed by atoms with Crippen LogP contribution in [0.1, 0.15) is 13.8 Å². The minimum atomic E-state index is -2.94. The largest absolute Gasteiger partial charge is 0.269 e. The van der Waals surface area contributed by atoms with Crippen LogP contribution in [0.2, 0.25) is 0 Å². The van der Waals surface area contributed by atoms with Gasteiger partial charge in [-0.25, -0.2) is 8.78 Å². The summed E-state index contributed by atoms with van der Waals surface area (Å²) in [6.07, 6.45) is 6.19. The van der Waals surface area contributed by atoms with E-state index in [0.29, 0.717) is 11.1 Å². The van der Waals surface area contributed by atoms with Gasteiger partial charge in [0.15, 0.2) is 0 Å². The molecule has 0 spiro atoms. The van der Waals surface area contributed by atoms with Gasteiger partial charge < -0.3 is 0 Å². The molecule has 0 unspecified atom stereocenters. The first-order valence-electron chi connectivity index (χ1n) is 5.61. The van der Waals surface area contributed by atoms with Crippen LogP contribution in [0.15, 0.2) is 84.4 Å². The molecule has 0 fully saturated rings. The number of hydrogen-bond acceptors (Lipinski definition) is 0. The fourth-order valence-electron chi connectivity index (χ4n) is 0.984. The average Bonchev–Trinajstić information content (AvgIpc) is 2.34. The van der Waals surface area contributed by atoms with Gasteiger partial charge in [0.1, 0.15) is 0 Å². The van der Waals surface area contributed by atoms with Gasteiger partial charge in [-0.15, -0.1) is 11.5 Å². The Morgan fingerprint density at radius 2 is 1.58 bits per heavy atom. The highest BCUT2D eigenvalue weighted by atomic mass is 19.3. The highest BCUT2D eigenvalue weighted by molar-refractivity contribution is 5.46. The Hall–Kier alpha value is -2.14. The van der Waals surface area contributed by atoms with Crippen molar-refractivity contribution in [3.8, 4) is 0 Å². The second-order valence-electron chi connectivity index (χ2n) is 4.06. The molecule has 0 amide bonds. The summed E-state index contributed by atoms with van der Waals surface area (Å²) >= 11 is 0. The van der Waals surface area contributed by atoms with Gasteiger partial charge in [-0.3, -0.25) is 0 Å². The molecule has 0 atom stereocenters. The molecule has 0 radical (unpaired) electrons. The molecule has 19 heavy (non-hydrogen) atoms. The number of hydrogen-bond donors (Lipinski definition) is 0. The summed E-state index contributed by atoms with van der Waals surface area (Å²) in [4.78, 5) is 0. The lowest BCUT2D eigenvalue weighted by Crippen LogP contribution is -2.10. The number of alkyl halides is 2. The summed E-state index contributed by atoms with van der Waals surface area (Å²) in [5, 5.41) is 0. The van der Waals surface area contributed by atoms with E-state index in [9.17, 15) is 8.78 Å². The van der Waals surface area contributed by atoms with Crippen molar-refractivity contribution in [1.82, 2.24) is 0 Å². The molecule has 2 heteroatoms. The highest BCUT2D eigenvalue weighted by Gasteiger charge is 2.23. The Morgan fingerprint density at radius 1 is 1.00 bits per heavy atom. The maximum atomic E-state index is 12.9. The molecule has 0 aromatic rings. The predicted molar refractivity (Wildman–Crippen MR) is 78.2 cm³/mol. The summed E-state index contributed by atoms with van der Waals surface area (Å²) in [6.45, 7) is 16.8. The molecule has 100 valence electrons. The van der Waals surface area contributed by atoms with Crippen molar-refractivity contribution in [3.63, 3.8) is 0 Å². The van der Waals surface area contributed by atoms with Gasteiger partial charge in [0.2, 0.25) is 0 Å². The maximum absolute atomic E-state index is 12.9. The van der Waals surface area contributed by atoms with E-state index in [1.54, 1.807) is 12.2 Å². The zero-order chi connectivity index (χ0) is 15.1. The third-order valence-corrected chi connectivity index (χ3v) is 2.36. The van der Waals surface area contributed by atoms with Gasteiger partial charge in [0.05, 0.1) is 0 Å². The van der Waals surface area contributed by atoms with E-state index < -0.39 is 5.92 Å². The molecule has 0 saturated heterocycles. The molecule has 0 nitrogen and oxygen atoms in total. The Morgan fingerprint density at radius 3 is 2.00 bits per heavy atom. The smallest absolute Gasteiger partial charge is 0.202 e. The normalized spacial score (nSPS) is 11.2. The summed E-state index contributed by atoms with van der Waals surface area (Å²) < 4.78 is 25.8. The zero-order valence-corrected chi connectivity index (χ0v) is 11.4. The van der Waals surface area contributed by atoms with Crippen LogP contribution in [0.25, 0.3) is 0 Å². The van der Waals surface area contributed by atoms with Crippen LogP contribution in [-0.2, 0) is 0 Å². The molecule has 0 N–H and O–H groups in total. The predicted octanol–water partition coefficient (Wildman–Crippen LogP) is 5.31. The standard InChI is InChI=1S/C17H18F2/c1-7-13(3)9-12-16(8-2)14(4)10-11-15(5)17(6,18)19/h9-12H,1-2,4-5H2,3,6H3. The molecular formula is C17H18F2. The van der Waals surface area contributed by atoms with Gasteiger partial charge in [-0.05, 0) is 24.1 Å². The number of rotatable bonds is 6. The molecule has 0 bridgehead atoms. The van der Waals surface area contributed by atoms with Crippen LogP contribution >= 0.6 is 0 Å². The number of allylic oxidation sites excluding steroid dienone is 8. The van der Waals surface area contributed by atoms with E-state index in [2.05, 4.69) is 37.8 Å². The summed E-state index contributed by atoms with van der Waals surface area (Å²) in [5.74, 6) is -2.94. The van der Waals surface area contributed by atoms with E-state index in [0.717, 1.165) is 12.5 Å². The lowest BCUT2D eigenvalue weighted by Gasteiger charge is -2.09. The average molecular weight is 260 g/mol. The molecule has 0 aliphatic heterocycles. The molecule has 0 rings (SSSR count). The lowest BCUT2D eigenvalue weighted by atomic mass is 10.0. The van der Waals surface area contributed by atoms with E-state index in [4.69, 9.17) is 0 Å². The van der Waals surface area contributed by atoms with Crippen LogP contribution in [0, 0.1) is 0 Å². The van der Waals surface area contributed by atoms with Crippen LogP contribution in [0.5, 0.6) is 0 Å². The molecule has 0 aliphatic carbocycles. The van der Waals surface area contributed by atoms with Crippen molar-refractivity contribution in [2.24, 2.45) is 0 Å².